The molecule has 11 aromatic rings. The van der Waals surface area contributed by atoms with Crippen molar-refractivity contribution in [2.24, 2.45) is 0 Å². The van der Waals surface area contributed by atoms with E-state index in [-0.39, 0.29) is 0 Å². The van der Waals surface area contributed by atoms with Gasteiger partial charge in [-0.3, -0.25) is 0 Å². The van der Waals surface area contributed by atoms with Crippen LogP contribution in [-0.4, -0.2) is 14.1 Å². The Balaban J connectivity index is 1.01. The number of nitrogens with one attached hydrogen (secondary N) is 1. The summed E-state index contributed by atoms with van der Waals surface area (Å²) < 4.78 is 4.98. The van der Waals surface area contributed by atoms with Gasteiger partial charge in [0.25, 0.3) is 0 Å². The molecule has 0 amide bonds. The lowest BCUT2D eigenvalue weighted by Gasteiger charge is -2.28. The predicted octanol–water partition coefficient (Wildman–Crippen LogP) is 14.7. The lowest BCUT2D eigenvalue weighted by atomic mass is 9.83. The second kappa shape index (κ2) is 12.3. The molecule has 3 nitrogen and oxygen atoms in total. The highest BCUT2D eigenvalue weighted by Gasteiger charge is 2.29. The first-order valence-corrected chi connectivity index (χ1v) is 20.5. The van der Waals surface area contributed by atoms with E-state index in [1.54, 1.807) is 0 Å². The van der Waals surface area contributed by atoms with E-state index in [9.17, 15) is 0 Å². The third-order valence-electron chi connectivity index (χ3n) is 12.8. The summed E-state index contributed by atoms with van der Waals surface area (Å²) in [6, 6.07) is 61.5. The second-order valence-corrected chi connectivity index (χ2v) is 15.9. The van der Waals surface area contributed by atoms with E-state index in [0.29, 0.717) is 5.92 Å². The molecular weight excluding hydrogens is 691 g/mol. The van der Waals surface area contributed by atoms with E-state index in [0.717, 1.165) is 30.3 Å². The van der Waals surface area contributed by atoms with Crippen molar-refractivity contribution < 1.29 is 0 Å². The fraction of sp³-hybridized carbons (Fsp3) is 0.111. The van der Waals surface area contributed by atoms with Gasteiger partial charge in [-0.2, -0.15) is 0 Å². The number of hydrogen-bond donors (Lipinski definition) is 1. The third kappa shape index (κ3) is 4.66. The lowest BCUT2D eigenvalue weighted by molar-refractivity contribution is 0.761. The maximum absolute atomic E-state index is 3.74. The molecule has 3 heteroatoms. The van der Waals surface area contributed by atoms with Crippen molar-refractivity contribution in [2.45, 2.75) is 39.0 Å². The summed E-state index contributed by atoms with van der Waals surface area (Å²) in [4.78, 5) is 3.74. The standard InChI is InChI=1S/C54H41N3/c1-3-13-33-14-5-9-18-49(33)56-50-19-10-7-16-40(50)44-30-35(24-27-53(44)56)34-22-25-47-42(28-34)43-29-36(23-26-48(43)55-47)37-31-45-38(4-2)39-15-6-11-20-51(39)57-52-21-12-8-17-41(52)46(32-37)54(45)57/h5-12,14-32,38,55H,3-4,13H2,1-2H3. The number of para-hydroxylation sites is 4. The number of aromatic nitrogens is 3. The Kier molecular flexibility index (Phi) is 7.01. The smallest absolute Gasteiger partial charge is 0.0579 e. The first-order chi connectivity index (χ1) is 28.2. The monoisotopic (exact) mass is 731 g/mol. The quantitative estimate of drug-likeness (QED) is 0.176. The molecule has 12 rings (SSSR count). The highest BCUT2D eigenvalue weighted by molar-refractivity contribution is 6.15. The zero-order chi connectivity index (χ0) is 37.8. The molecule has 4 heterocycles. The number of benzene rings is 8. The zero-order valence-electron chi connectivity index (χ0n) is 32.2. The molecule has 0 bridgehead atoms. The maximum atomic E-state index is 3.74. The van der Waals surface area contributed by atoms with Crippen molar-refractivity contribution in [1.82, 2.24) is 14.1 Å². The molecule has 8 aromatic carbocycles. The second-order valence-electron chi connectivity index (χ2n) is 15.9. The van der Waals surface area contributed by atoms with Gasteiger partial charge in [-0.15, -0.1) is 0 Å². The summed E-state index contributed by atoms with van der Waals surface area (Å²) in [5, 5.41) is 7.71. The Morgan fingerprint density at radius 3 is 1.74 bits per heavy atom. The van der Waals surface area contributed by atoms with Gasteiger partial charge in [0.05, 0.1) is 22.1 Å². The number of aryl methyl sites for hydroxylation is 1. The molecule has 57 heavy (non-hydrogen) atoms. The highest BCUT2D eigenvalue weighted by Crippen LogP contribution is 2.48. The van der Waals surface area contributed by atoms with E-state index in [4.69, 9.17) is 0 Å². The maximum Gasteiger partial charge on any atom is 0.0579 e. The van der Waals surface area contributed by atoms with Crippen LogP contribution < -0.4 is 0 Å². The van der Waals surface area contributed by atoms with Gasteiger partial charge in [-0.25, -0.2) is 0 Å². The van der Waals surface area contributed by atoms with E-state index in [1.165, 1.54) is 105 Å². The molecule has 272 valence electrons. The Hall–Kier alpha value is -6.84. The molecule has 1 unspecified atom stereocenters. The van der Waals surface area contributed by atoms with E-state index >= 15 is 0 Å². The molecule has 0 fully saturated rings. The average Bonchev–Trinajstić information content (AvgIpc) is 3.91. The number of H-pyrrole nitrogens is 1. The summed E-state index contributed by atoms with van der Waals surface area (Å²) in [6.45, 7) is 4.59. The Morgan fingerprint density at radius 1 is 0.439 bits per heavy atom. The molecule has 0 saturated heterocycles. The van der Waals surface area contributed by atoms with Gasteiger partial charge in [0.15, 0.2) is 0 Å². The van der Waals surface area contributed by atoms with Crippen molar-refractivity contribution in [3.05, 3.63) is 180 Å². The molecule has 0 radical (unpaired) electrons. The Morgan fingerprint density at radius 2 is 1.00 bits per heavy atom. The van der Waals surface area contributed by atoms with Crippen LogP contribution in [0.3, 0.4) is 0 Å². The molecule has 1 atom stereocenters. The number of fused-ring (bicyclic) bond motifs is 11. The SMILES string of the molecule is CCCc1ccccc1-n1c2ccccc2c2cc(-c3ccc4[nH]c5ccc(-c6cc7c8c(c6)c6ccccc6n8-c6ccccc6C7CC)cc5c4c3)ccc21. The van der Waals surface area contributed by atoms with Gasteiger partial charge >= 0.3 is 0 Å². The van der Waals surface area contributed by atoms with Crippen LogP contribution in [0.1, 0.15) is 49.3 Å². The lowest BCUT2D eigenvalue weighted by Crippen LogP contribution is -2.13. The van der Waals surface area contributed by atoms with Crippen LogP contribution in [0.4, 0.5) is 0 Å². The van der Waals surface area contributed by atoms with E-state index in [2.05, 4.69) is 192 Å². The summed E-state index contributed by atoms with van der Waals surface area (Å²) in [5.41, 5.74) is 19.2. The van der Waals surface area contributed by atoms with E-state index in [1.807, 2.05) is 0 Å². The van der Waals surface area contributed by atoms with Crippen molar-refractivity contribution in [3.63, 3.8) is 0 Å². The number of hydrogen-bond acceptors (Lipinski definition) is 0. The minimum Gasteiger partial charge on any atom is -0.355 e. The van der Waals surface area contributed by atoms with Gasteiger partial charge in [0, 0.05) is 60.6 Å². The minimum absolute atomic E-state index is 0.345. The summed E-state index contributed by atoms with van der Waals surface area (Å²) in [5.74, 6) is 0.345. The predicted molar refractivity (Wildman–Crippen MR) is 241 cm³/mol. The Bertz CT molecular complexity index is 3420. The van der Waals surface area contributed by atoms with Gasteiger partial charge in [0.2, 0.25) is 0 Å². The van der Waals surface area contributed by atoms with Crippen LogP contribution in [0.15, 0.2) is 164 Å². The van der Waals surface area contributed by atoms with Crippen molar-refractivity contribution >= 4 is 65.4 Å². The van der Waals surface area contributed by atoms with Gasteiger partial charge in [0.1, 0.15) is 0 Å². The number of rotatable bonds is 6. The van der Waals surface area contributed by atoms with Crippen LogP contribution in [0, 0.1) is 0 Å². The van der Waals surface area contributed by atoms with Crippen LogP contribution in [-0.2, 0) is 6.42 Å². The molecule has 0 aliphatic carbocycles. The summed E-state index contributed by atoms with van der Waals surface area (Å²) in [7, 11) is 0. The Labute approximate surface area is 331 Å². The molecule has 0 spiro atoms. The summed E-state index contributed by atoms with van der Waals surface area (Å²) >= 11 is 0. The van der Waals surface area contributed by atoms with E-state index < -0.39 is 0 Å². The third-order valence-corrected chi connectivity index (χ3v) is 12.8. The average molecular weight is 732 g/mol. The fourth-order valence-electron chi connectivity index (χ4n) is 10.3. The molecule has 0 saturated carbocycles. The molecule has 1 aliphatic rings. The first kappa shape index (κ1) is 32.4. The van der Waals surface area contributed by atoms with Gasteiger partial charge in [-0.05, 0) is 125 Å². The van der Waals surface area contributed by atoms with Crippen LogP contribution in [0.5, 0.6) is 0 Å². The summed E-state index contributed by atoms with van der Waals surface area (Å²) in [6.07, 6.45) is 3.23. The number of aromatic amines is 1. The molecule has 1 N–H and O–H groups in total. The molecule has 3 aromatic heterocycles. The molecular formula is C54H41N3. The van der Waals surface area contributed by atoms with Crippen molar-refractivity contribution in [2.75, 3.05) is 0 Å². The highest BCUT2D eigenvalue weighted by atomic mass is 15.0. The van der Waals surface area contributed by atoms with Crippen LogP contribution in [0.25, 0.3) is 99.0 Å². The normalized spacial score (nSPS) is 13.8. The molecule has 1 aliphatic heterocycles. The van der Waals surface area contributed by atoms with Gasteiger partial charge in [-0.1, -0.05) is 111 Å². The largest absolute Gasteiger partial charge is 0.355 e. The van der Waals surface area contributed by atoms with Crippen LogP contribution >= 0.6 is 0 Å². The minimum atomic E-state index is 0.345. The van der Waals surface area contributed by atoms with Gasteiger partial charge < -0.3 is 14.1 Å². The van der Waals surface area contributed by atoms with Crippen LogP contribution in [0.2, 0.25) is 0 Å². The topological polar surface area (TPSA) is 25.6 Å². The fourth-order valence-corrected chi connectivity index (χ4v) is 10.3. The first-order valence-electron chi connectivity index (χ1n) is 20.5. The van der Waals surface area contributed by atoms with Crippen molar-refractivity contribution in [3.8, 4) is 33.6 Å². The van der Waals surface area contributed by atoms with Crippen molar-refractivity contribution in [1.29, 1.82) is 0 Å². The zero-order valence-corrected chi connectivity index (χ0v) is 32.2. The number of nitrogens with zero attached hydrogens (tertiary/aromatic N) is 2.